The lowest BCUT2D eigenvalue weighted by Crippen LogP contribution is -2.67. The Hall–Kier alpha value is -0.870. The van der Waals surface area contributed by atoms with E-state index in [4.69, 9.17) is 4.74 Å². The molecule has 0 spiro atoms. The van der Waals surface area contributed by atoms with Crippen molar-refractivity contribution in [2.24, 2.45) is 0 Å². The molecule has 0 amide bonds. The molecule has 17 heavy (non-hydrogen) atoms. The number of fused-ring (bicyclic) bond motifs is 3. The largest absolute Gasteiger partial charge is 0.462 e. The molecule has 4 nitrogen and oxygen atoms in total. The summed E-state index contributed by atoms with van der Waals surface area (Å²) in [6.07, 6.45) is 0.971. The van der Waals surface area contributed by atoms with Crippen LogP contribution in [0.15, 0.2) is 12.2 Å². The van der Waals surface area contributed by atoms with E-state index in [1.54, 1.807) is 6.92 Å². The lowest BCUT2D eigenvalue weighted by atomic mass is 10.1. The highest BCUT2D eigenvalue weighted by atomic mass is 16.5. The summed E-state index contributed by atoms with van der Waals surface area (Å²) in [7, 11) is 0. The molecule has 3 rings (SSSR count). The molecule has 3 heterocycles. The molecule has 96 valence electrons. The van der Waals surface area contributed by atoms with E-state index >= 15 is 0 Å². The Morgan fingerprint density at radius 1 is 1.29 bits per heavy atom. The van der Waals surface area contributed by atoms with Crippen LogP contribution in [-0.4, -0.2) is 67.8 Å². The zero-order valence-electron chi connectivity index (χ0n) is 10.8. The third-order valence-corrected chi connectivity index (χ3v) is 4.03. The SMILES string of the molecule is C=C(C)C(=O)OCCC[N+]12CCN(CC1)CC2. The molecular formula is C13H23N2O2+. The fraction of sp³-hybridized carbons (Fsp3) is 0.769. The highest BCUT2D eigenvalue weighted by Crippen LogP contribution is 2.19. The van der Waals surface area contributed by atoms with E-state index < -0.39 is 0 Å². The summed E-state index contributed by atoms with van der Waals surface area (Å²) in [5.74, 6) is -0.256. The van der Waals surface area contributed by atoms with Gasteiger partial charge in [0.25, 0.3) is 0 Å². The number of carbonyl (C=O) groups is 1. The number of ether oxygens (including phenoxy) is 1. The molecule has 0 aromatic carbocycles. The molecule has 0 aromatic rings. The minimum Gasteiger partial charge on any atom is -0.462 e. The van der Waals surface area contributed by atoms with Gasteiger partial charge >= 0.3 is 5.97 Å². The van der Waals surface area contributed by atoms with Gasteiger partial charge in [-0.15, -0.1) is 0 Å². The standard InChI is InChI=1S/C13H23N2O2/c1-12(2)13(16)17-11-3-7-15-8-4-14(5-9-15)6-10-15/h1,3-11H2,2H3/q+1. The van der Waals surface area contributed by atoms with Crippen LogP contribution < -0.4 is 0 Å². The second-order valence-electron chi connectivity index (χ2n) is 5.35. The zero-order valence-corrected chi connectivity index (χ0v) is 10.8. The van der Waals surface area contributed by atoms with Gasteiger partial charge in [0.2, 0.25) is 0 Å². The predicted octanol–water partition coefficient (Wildman–Crippen LogP) is 0.642. The van der Waals surface area contributed by atoms with Crippen molar-refractivity contribution in [1.29, 1.82) is 0 Å². The van der Waals surface area contributed by atoms with Gasteiger partial charge < -0.3 is 9.22 Å². The molecule has 2 bridgehead atoms. The molecule has 3 saturated heterocycles. The zero-order chi connectivity index (χ0) is 12.3. The molecule has 3 aliphatic rings. The molecule has 3 fully saturated rings. The van der Waals surface area contributed by atoms with E-state index in [1.807, 2.05) is 0 Å². The van der Waals surface area contributed by atoms with E-state index in [0.717, 1.165) is 13.0 Å². The lowest BCUT2D eigenvalue weighted by molar-refractivity contribution is -0.941. The predicted molar refractivity (Wildman–Crippen MR) is 66.6 cm³/mol. The number of quaternary nitrogens is 1. The number of rotatable bonds is 5. The average Bonchev–Trinajstić information content (AvgIpc) is 2.36. The summed E-state index contributed by atoms with van der Waals surface area (Å²) in [6, 6.07) is 0. The minimum atomic E-state index is -0.256. The number of piperazine rings is 3. The average molecular weight is 239 g/mol. The van der Waals surface area contributed by atoms with Gasteiger partial charge in [-0.25, -0.2) is 4.79 Å². The van der Waals surface area contributed by atoms with Crippen molar-refractivity contribution in [3.05, 3.63) is 12.2 Å². The van der Waals surface area contributed by atoms with E-state index in [-0.39, 0.29) is 5.97 Å². The van der Waals surface area contributed by atoms with Crippen molar-refractivity contribution in [2.75, 3.05) is 52.4 Å². The Labute approximate surface area is 103 Å². The monoisotopic (exact) mass is 239 g/mol. The fourth-order valence-corrected chi connectivity index (χ4v) is 2.75. The van der Waals surface area contributed by atoms with Crippen LogP contribution in [0, 0.1) is 0 Å². The third-order valence-electron chi connectivity index (χ3n) is 4.03. The van der Waals surface area contributed by atoms with Crippen LogP contribution in [0.2, 0.25) is 0 Å². The van der Waals surface area contributed by atoms with Crippen LogP contribution in [0.1, 0.15) is 13.3 Å². The normalized spacial score (nSPS) is 31.2. The van der Waals surface area contributed by atoms with E-state index in [0.29, 0.717) is 12.2 Å². The van der Waals surface area contributed by atoms with Gasteiger partial charge in [0, 0.05) is 31.6 Å². The molecular weight excluding hydrogens is 216 g/mol. The number of nitrogens with zero attached hydrogens (tertiary/aromatic N) is 2. The van der Waals surface area contributed by atoms with Gasteiger partial charge in [-0.3, -0.25) is 4.90 Å². The molecule has 0 unspecified atom stereocenters. The highest BCUT2D eigenvalue weighted by Gasteiger charge is 2.37. The maximum Gasteiger partial charge on any atom is 0.333 e. The molecule has 0 N–H and O–H groups in total. The topological polar surface area (TPSA) is 29.5 Å². The summed E-state index contributed by atoms with van der Waals surface area (Å²) in [4.78, 5) is 13.8. The van der Waals surface area contributed by atoms with Crippen molar-refractivity contribution in [3.8, 4) is 0 Å². The number of carbonyl (C=O) groups excluding carboxylic acids is 1. The first kappa shape index (κ1) is 12.6. The summed E-state index contributed by atoms with van der Waals surface area (Å²) in [5, 5.41) is 0. The summed E-state index contributed by atoms with van der Waals surface area (Å²) in [6.45, 7) is 14.5. The summed E-state index contributed by atoms with van der Waals surface area (Å²) >= 11 is 0. The van der Waals surface area contributed by atoms with Crippen LogP contribution in [0.25, 0.3) is 0 Å². The second-order valence-corrected chi connectivity index (χ2v) is 5.35. The molecule has 4 heteroatoms. The maximum atomic E-state index is 11.2. The lowest BCUT2D eigenvalue weighted by Gasteiger charge is -2.50. The van der Waals surface area contributed by atoms with Gasteiger partial charge in [0.15, 0.2) is 0 Å². The van der Waals surface area contributed by atoms with Crippen molar-refractivity contribution in [2.45, 2.75) is 13.3 Å². The number of hydrogen-bond donors (Lipinski definition) is 0. The molecule has 0 aliphatic carbocycles. The number of esters is 1. The van der Waals surface area contributed by atoms with E-state index in [2.05, 4.69) is 11.5 Å². The minimum absolute atomic E-state index is 0.256. The van der Waals surface area contributed by atoms with Crippen LogP contribution in [-0.2, 0) is 9.53 Å². The Bertz CT molecular complexity index is 293. The van der Waals surface area contributed by atoms with Crippen molar-refractivity contribution in [1.82, 2.24) is 4.90 Å². The van der Waals surface area contributed by atoms with Crippen LogP contribution in [0.5, 0.6) is 0 Å². The molecule has 0 aromatic heterocycles. The van der Waals surface area contributed by atoms with Crippen molar-refractivity contribution < 1.29 is 14.0 Å². The van der Waals surface area contributed by atoms with Gasteiger partial charge in [0.1, 0.15) is 0 Å². The van der Waals surface area contributed by atoms with Gasteiger partial charge in [-0.2, -0.15) is 0 Å². The maximum absolute atomic E-state index is 11.2. The van der Waals surface area contributed by atoms with Crippen molar-refractivity contribution in [3.63, 3.8) is 0 Å². The second kappa shape index (κ2) is 5.19. The molecule has 0 saturated carbocycles. The van der Waals surface area contributed by atoms with E-state index in [9.17, 15) is 4.79 Å². The quantitative estimate of drug-likeness (QED) is 0.305. The molecule has 0 radical (unpaired) electrons. The Kier molecular flexibility index (Phi) is 3.84. The molecule has 0 atom stereocenters. The number of hydrogen-bond acceptors (Lipinski definition) is 3. The Balaban J connectivity index is 1.68. The Morgan fingerprint density at radius 3 is 2.41 bits per heavy atom. The van der Waals surface area contributed by atoms with Crippen LogP contribution >= 0.6 is 0 Å². The summed E-state index contributed by atoms with van der Waals surface area (Å²) < 4.78 is 6.38. The first-order chi connectivity index (χ1) is 8.11. The van der Waals surface area contributed by atoms with Crippen molar-refractivity contribution >= 4 is 5.97 Å². The van der Waals surface area contributed by atoms with Gasteiger partial charge in [-0.05, 0) is 6.92 Å². The highest BCUT2D eigenvalue weighted by molar-refractivity contribution is 5.86. The van der Waals surface area contributed by atoms with Crippen LogP contribution in [0.3, 0.4) is 0 Å². The Morgan fingerprint density at radius 2 is 1.88 bits per heavy atom. The first-order valence-electron chi connectivity index (χ1n) is 6.51. The van der Waals surface area contributed by atoms with E-state index in [1.165, 1.54) is 43.8 Å². The smallest absolute Gasteiger partial charge is 0.333 e. The molecule has 3 aliphatic heterocycles. The summed E-state index contributed by atoms with van der Waals surface area (Å²) in [5.41, 5.74) is 0.489. The fourth-order valence-electron chi connectivity index (χ4n) is 2.75. The first-order valence-corrected chi connectivity index (χ1v) is 6.51. The third kappa shape index (κ3) is 3.07. The van der Waals surface area contributed by atoms with Crippen LogP contribution in [0.4, 0.5) is 0 Å². The van der Waals surface area contributed by atoms with Gasteiger partial charge in [0.05, 0.1) is 32.8 Å². The van der Waals surface area contributed by atoms with Gasteiger partial charge in [-0.1, -0.05) is 6.58 Å².